The predicted octanol–water partition coefficient (Wildman–Crippen LogP) is 1.53. The first kappa shape index (κ1) is 14.7. The summed E-state index contributed by atoms with van der Waals surface area (Å²) in [6.07, 6.45) is 3.11. The summed E-state index contributed by atoms with van der Waals surface area (Å²) in [6.45, 7) is 0.318. The Kier molecular flexibility index (Phi) is 4.51. The molecule has 2 unspecified atom stereocenters. The molecule has 1 heterocycles. The molecule has 0 aromatic carbocycles. The van der Waals surface area contributed by atoms with Gasteiger partial charge in [0.15, 0.2) is 0 Å². The van der Waals surface area contributed by atoms with E-state index in [1.165, 1.54) is 0 Å². The topological polar surface area (TPSA) is 105 Å². The minimum atomic E-state index is -0.638. The van der Waals surface area contributed by atoms with Gasteiger partial charge in [0.2, 0.25) is 0 Å². The molecule has 2 rings (SSSR count). The smallest absolute Gasteiger partial charge is 0.288 e. The van der Waals surface area contributed by atoms with Crippen LogP contribution < -0.4 is 5.32 Å². The molecular formula is C12H14ClN3O4. The number of pyridine rings is 1. The summed E-state index contributed by atoms with van der Waals surface area (Å²) in [6, 6.07) is 1.09. The van der Waals surface area contributed by atoms with E-state index in [2.05, 4.69) is 10.3 Å². The van der Waals surface area contributed by atoms with Gasteiger partial charge in [-0.25, -0.2) is 4.98 Å². The first-order valence-corrected chi connectivity index (χ1v) is 6.63. The minimum Gasteiger partial charge on any atom is -0.393 e. The minimum absolute atomic E-state index is 0.0179. The third-order valence-electron chi connectivity index (χ3n) is 3.42. The number of nitrogens with one attached hydrogen (secondary N) is 1. The van der Waals surface area contributed by atoms with Gasteiger partial charge in [-0.3, -0.25) is 14.9 Å². The fourth-order valence-corrected chi connectivity index (χ4v) is 2.46. The van der Waals surface area contributed by atoms with Crippen molar-refractivity contribution in [3.63, 3.8) is 0 Å². The molecule has 1 fully saturated rings. The normalized spacial score (nSPS) is 21.7. The number of aromatic nitrogens is 1. The maximum atomic E-state index is 12.0. The standard InChI is InChI=1S/C12H14ClN3O4/c13-11-9(4-8(6-14-11)16(19)20)12(18)15-5-7-2-1-3-10(7)17/h4,6-7,10,17H,1-3,5H2,(H,15,18). The van der Waals surface area contributed by atoms with Gasteiger partial charge in [-0.1, -0.05) is 18.0 Å². The summed E-state index contributed by atoms with van der Waals surface area (Å²) in [4.78, 5) is 25.6. The maximum Gasteiger partial charge on any atom is 0.288 e. The van der Waals surface area contributed by atoms with Crippen LogP contribution in [0.1, 0.15) is 29.6 Å². The Hall–Kier alpha value is -1.73. The van der Waals surface area contributed by atoms with Crippen molar-refractivity contribution in [2.75, 3.05) is 6.54 Å². The zero-order valence-corrected chi connectivity index (χ0v) is 11.3. The summed E-state index contributed by atoms with van der Waals surface area (Å²) in [5, 5.41) is 22.9. The highest BCUT2D eigenvalue weighted by molar-refractivity contribution is 6.32. The molecule has 7 nitrogen and oxygen atoms in total. The number of aliphatic hydroxyl groups excluding tert-OH is 1. The van der Waals surface area contributed by atoms with Gasteiger partial charge in [0.1, 0.15) is 11.3 Å². The number of carbonyl (C=O) groups excluding carboxylic acids is 1. The van der Waals surface area contributed by atoms with Gasteiger partial charge in [0.25, 0.3) is 11.6 Å². The zero-order valence-electron chi connectivity index (χ0n) is 10.6. The zero-order chi connectivity index (χ0) is 14.7. The second-order valence-corrected chi connectivity index (χ2v) is 5.12. The van der Waals surface area contributed by atoms with E-state index in [9.17, 15) is 20.0 Å². The molecule has 1 aromatic heterocycles. The lowest BCUT2D eigenvalue weighted by Gasteiger charge is -2.15. The first-order chi connectivity index (χ1) is 9.49. The van der Waals surface area contributed by atoms with Crippen LogP contribution in [0, 0.1) is 16.0 Å². The quantitative estimate of drug-likeness (QED) is 0.498. The van der Waals surface area contributed by atoms with Crippen molar-refractivity contribution in [3.8, 4) is 0 Å². The van der Waals surface area contributed by atoms with E-state index in [0.717, 1.165) is 31.5 Å². The highest BCUT2D eigenvalue weighted by atomic mass is 35.5. The summed E-state index contributed by atoms with van der Waals surface area (Å²) in [5.74, 6) is -0.505. The molecule has 8 heteroatoms. The van der Waals surface area contributed by atoms with Crippen LogP contribution in [0.4, 0.5) is 5.69 Å². The Morgan fingerprint density at radius 1 is 1.60 bits per heavy atom. The van der Waals surface area contributed by atoms with Crippen molar-refractivity contribution in [2.24, 2.45) is 5.92 Å². The summed E-state index contributed by atoms with van der Waals surface area (Å²) in [7, 11) is 0. The van der Waals surface area contributed by atoms with E-state index in [1.807, 2.05) is 0 Å². The Morgan fingerprint density at radius 2 is 2.35 bits per heavy atom. The number of nitro groups is 1. The molecule has 0 spiro atoms. The lowest BCUT2D eigenvalue weighted by atomic mass is 10.1. The monoisotopic (exact) mass is 299 g/mol. The second kappa shape index (κ2) is 6.15. The molecule has 0 saturated heterocycles. The molecule has 1 saturated carbocycles. The van der Waals surface area contributed by atoms with Crippen LogP contribution in [0.5, 0.6) is 0 Å². The molecule has 0 aliphatic heterocycles. The Bertz CT molecular complexity index is 537. The van der Waals surface area contributed by atoms with Crippen molar-refractivity contribution < 1.29 is 14.8 Å². The molecule has 1 amide bonds. The molecule has 0 bridgehead atoms. The fourth-order valence-electron chi connectivity index (χ4n) is 2.27. The Balaban J connectivity index is 2.05. The number of nitrogens with zero attached hydrogens (tertiary/aromatic N) is 2. The van der Waals surface area contributed by atoms with Gasteiger partial charge in [-0.2, -0.15) is 0 Å². The van der Waals surface area contributed by atoms with Crippen LogP contribution in [0.2, 0.25) is 5.15 Å². The van der Waals surface area contributed by atoms with E-state index >= 15 is 0 Å². The molecule has 2 N–H and O–H groups in total. The average molecular weight is 300 g/mol. The average Bonchev–Trinajstić information content (AvgIpc) is 2.81. The van der Waals surface area contributed by atoms with Crippen LogP contribution in [0.25, 0.3) is 0 Å². The SMILES string of the molecule is O=C(NCC1CCCC1O)c1cc([N+](=O)[O-])cnc1Cl. The Morgan fingerprint density at radius 3 is 2.95 bits per heavy atom. The van der Waals surface area contributed by atoms with Crippen molar-refractivity contribution in [1.82, 2.24) is 10.3 Å². The predicted molar refractivity (Wildman–Crippen MR) is 71.6 cm³/mol. The number of carbonyl (C=O) groups is 1. The molecule has 1 aromatic rings. The third-order valence-corrected chi connectivity index (χ3v) is 3.73. The van der Waals surface area contributed by atoms with E-state index in [4.69, 9.17) is 11.6 Å². The van der Waals surface area contributed by atoms with E-state index < -0.39 is 16.9 Å². The lowest BCUT2D eigenvalue weighted by molar-refractivity contribution is -0.385. The number of halogens is 1. The first-order valence-electron chi connectivity index (χ1n) is 6.25. The van der Waals surface area contributed by atoms with Crippen molar-refractivity contribution in [3.05, 3.63) is 33.1 Å². The highest BCUT2D eigenvalue weighted by Crippen LogP contribution is 2.25. The van der Waals surface area contributed by atoms with Gasteiger partial charge < -0.3 is 10.4 Å². The summed E-state index contributed by atoms with van der Waals surface area (Å²) < 4.78 is 0. The third kappa shape index (κ3) is 3.23. The van der Waals surface area contributed by atoms with Crippen molar-refractivity contribution >= 4 is 23.2 Å². The largest absolute Gasteiger partial charge is 0.393 e. The molecule has 2 atom stereocenters. The van der Waals surface area contributed by atoms with Crippen molar-refractivity contribution in [2.45, 2.75) is 25.4 Å². The van der Waals surface area contributed by atoms with Crippen LogP contribution in [0.15, 0.2) is 12.3 Å². The van der Waals surface area contributed by atoms with Gasteiger partial charge >= 0.3 is 0 Å². The number of hydrogen-bond donors (Lipinski definition) is 2. The number of rotatable bonds is 4. The van der Waals surface area contributed by atoms with Gasteiger partial charge in [0.05, 0.1) is 16.6 Å². The maximum absolute atomic E-state index is 12.0. The molecular weight excluding hydrogens is 286 g/mol. The molecule has 0 radical (unpaired) electrons. The molecule has 1 aliphatic rings. The van der Waals surface area contributed by atoms with E-state index in [-0.39, 0.29) is 22.3 Å². The second-order valence-electron chi connectivity index (χ2n) is 4.76. The van der Waals surface area contributed by atoms with Crippen LogP contribution in [-0.4, -0.2) is 33.6 Å². The number of amides is 1. The van der Waals surface area contributed by atoms with E-state index in [1.54, 1.807) is 0 Å². The number of aliphatic hydroxyl groups is 1. The molecule has 20 heavy (non-hydrogen) atoms. The molecule has 108 valence electrons. The Labute approximate surface area is 120 Å². The van der Waals surface area contributed by atoms with Gasteiger partial charge in [-0.05, 0) is 12.8 Å². The van der Waals surface area contributed by atoms with E-state index in [0.29, 0.717) is 6.54 Å². The molecule has 1 aliphatic carbocycles. The van der Waals surface area contributed by atoms with Gasteiger partial charge in [-0.15, -0.1) is 0 Å². The number of hydrogen-bond acceptors (Lipinski definition) is 5. The van der Waals surface area contributed by atoms with Crippen LogP contribution in [0.3, 0.4) is 0 Å². The fraction of sp³-hybridized carbons (Fsp3) is 0.500. The van der Waals surface area contributed by atoms with Crippen LogP contribution >= 0.6 is 11.6 Å². The highest BCUT2D eigenvalue weighted by Gasteiger charge is 2.26. The lowest BCUT2D eigenvalue weighted by Crippen LogP contribution is -2.32. The summed E-state index contributed by atoms with van der Waals surface area (Å²) >= 11 is 5.78. The van der Waals surface area contributed by atoms with Crippen LogP contribution in [-0.2, 0) is 0 Å². The van der Waals surface area contributed by atoms with Crippen molar-refractivity contribution in [1.29, 1.82) is 0 Å². The van der Waals surface area contributed by atoms with Gasteiger partial charge in [0, 0.05) is 18.5 Å². The summed E-state index contributed by atoms with van der Waals surface area (Å²) in [5.41, 5.74) is -0.325.